The second-order valence-corrected chi connectivity index (χ2v) is 3.88. The van der Waals surface area contributed by atoms with Crippen LogP contribution in [-0.2, 0) is 4.74 Å². The maximum absolute atomic E-state index is 11.2. The highest BCUT2D eigenvalue weighted by Crippen LogP contribution is 2.21. The Balaban J connectivity index is 2.29. The summed E-state index contributed by atoms with van der Waals surface area (Å²) in [6, 6.07) is 3.35. The predicted octanol–water partition coefficient (Wildman–Crippen LogP) is 1.57. The fourth-order valence-corrected chi connectivity index (χ4v) is 1.75. The largest absolute Gasteiger partial charge is 0.465 e. The van der Waals surface area contributed by atoms with E-state index >= 15 is 0 Å². The number of pyridine rings is 1. The Labute approximate surface area is 95.9 Å². The molecule has 6 heteroatoms. The first-order chi connectivity index (χ1) is 7.70. The molecule has 0 unspecified atom stereocenters. The molecule has 2 aromatic heterocycles. The highest BCUT2D eigenvalue weighted by atomic mass is 32.1. The van der Waals surface area contributed by atoms with Gasteiger partial charge in [-0.05, 0) is 12.1 Å². The summed E-state index contributed by atoms with van der Waals surface area (Å²) in [5.41, 5.74) is 7.32. The molecule has 0 aliphatic heterocycles. The van der Waals surface area contributed by atoms with Crippen LogP contribution in [0.4, 0.5) is 5.13 Å². The van der Waals surface area contributed by atoms with Crippen molar-refractivity contribution < 1.29 is 9.53 Å². The molecule has 0 aliphatic carbocycles. The number of carbonyl (C=O) groups excluding carboxylic acids is 1. The van der Waals surface area contributed by atoms with E-state index < -0.39 is 5.97 Å². The number of esters is 1. The van der Waals surface area contributed by atoms with E-state index in [1.54, 1.807) is 12.1 Å². The number of nitrogens with two attached hydrogens (primary N) is 1. The number of carbonyl (C=O) groups is 1. The fourth-order valence-electron chi connectivity index (χ4n) is 1.19. The number of hydrogen-bond donors (Lipinski definition) is 1. The first-order valence-corrected chi connectivity index (χ1v) is 5.34. The normalized spacial score (nSPS) is 10.1. The lowest BCUT2D eigenvalue weighted by Crippen LogP contribution is -2.01. The molecule has 5 nitrogen and oxygen atoms in total. The molecule has 0 spiro atoms. The highest BCUT2D eigenvalue weighted by Gasteiger charge is 2.08. The van der Waals surface area contributed by atoms with Crippen molar-refractivity contribution in [1.82, 2.24) is 9.97 Å². The molecule has 2 rings (SSSR count). The summed E-state index contributed by atoms with van der Waals surface area (Å²) in [4.78, 5) is 19.4. The van der Waals surface area contributed by atoms with Gasteiger partial charge >= 0.3 is 5.97 Å². The summed E-state index contributed by atoms with van der Waals surface area (Å²) < 4.78 is 4.57. The topological polar surface area (TPSA) is 78.1 Å². The standard InChI is InChI=1S/C10H9N3O2S/c1-15-9(14)6-2-3-7(12-4-6)8-5-16-10(11)13-8/h2-5H,1H3,(H2,11,13). The molecular formula is C10H9N3O2S. The first kappa shape index (κ1) is 10.6. The van der Waals surface area contributed by atoms with Crippen molar-refractivity contribution in [2.75, 3.05) is 12.8 Å². The third-order valence-electron chi connectivity index (χ3n) is 1.97. The number of methoxy groups -OCH3 is 1. The van der Waals surface area contributed by atoms with Gasteiger partial charge in [0.25, 0.3) is 0 Å². The predicted molar refractivity (Wildman–Crippen MR) is 61.1 cm³/mol. The number of hydrogen-bond acceptors (Lipinski definition) is 6. The molecule has 0 fully saturated rings. The van der Waals surface area contributed by atoms with Crippen LogP contribution in [0.25, 0.3) is 11.4 Å². The van der Waals surface area contributed by atoms with Gasteiger partial charge in [0.1, 0.15) is 5.69 Å². The van der Waals surface area contributed by atoms with Crippen molar-refractivity contribution in [3.63, 3.8) is 0 Å². The first-order valence-electron chi connectivity index (χ1n) is 4.46. The molecule has 0 atom stereocenters. The Bertz CT molecular complexity index is 507. The quantitative estimate of drug-likeness (QED) is 0.799. The lowest BCUT2D eigenvalue weighted by atomic mass is 10.2. The zero-order chi connectivity index (χ0) is 11.5. The van der Waals surface area contributed by atoms with Crippen LogP contribution in [0.2, 0.25) is 0 Å². The minimum absolute atomic E-state index is 0.406. The monoisotopic (exact) mass is 235 g/mol. The molecule has 2 heterocycles. The molecule has 0 radical (unpaired) electrons. The van der Waals surface area contributed by atoms with Gasteiger partial charge in [-0.3, -0.25) is 4.98 Å². The Morgan fingerprint density at radius 2 is 2.25 bits per heavy atom. The van der Waals surface area contributed by atoms with Crippen molar-refractivity contribution in [1.29, 1.82) is 0 Å². The minimum atomic E-state index is -0.406. The SMILES string of the molecule is COC(=O)c1ccc(-c2csc(N)n2)nc1. The van der Waals surface area contributed by atoms with Gasteiger partial charge in [0.2, 0.25) is 0 Å². The molecule has 0 amide bonds. The Morgan fingerprint density at radius 3 is 2.75 bits per heavy atom. The maximum atomic E-state index is 11.2. The van der Waals surface area contributed by atoms with Crippen LogP contribution in [0.15, 0.2) is 23.7 Å². The number of thiazole rings is 1. The van der Waals surface area contributed by atoms with Crippen LogP contribution in [0.1, 0.15) is 10.4 Å². The molecule has 0 saturated carbocycles. The molecule has 82 valence electrons. The molecule has 2 N–H and O–H groups in total. The molecule has 0 saturated heterocycles. The van der Waals surface area contributed by atoms with Crippen LogP contribution in [0, 0.1) is 0 Å². The Kier molecular flexibility index (Phi) is 2.82. The number of ether oxygens (including phenoxy) is 1. The molecule has 0 bridgehead atoms. The zero-order valence-corrected chi connectivity index (χ0v) is 9.32. The third kappa shape index (κ3) is 2.01. The van der Waals surface area contributed by atoms with Gasteiger partial charge in [-0.2, -0.15) is 0 Å². The number of nitrogens with zero attached hydrogens (tertiary/aromatic N) is 2. The Hall–Kier alpha value is -1.95. The second kappa shape index (κ2) is 4.28. The van der Waals surface area contributed by atoms with Crippen LogP contribution in [0.3, 0.4) is 0 Å². The van der Waals surface area contributed by atoms with Crippen LogP contribution < -0.4 is 5.73 Å². The molecule has 2 aromatic rings. The zero-order valence-electron chi connectivity index (χ0n) is 8.51. The summed E-state index contributed by atoms with van der Waals surface area (Å²) in [5, 5.41) is 2.31. The Morgan fingerprint density at radius 1 is 1.44 bits per heavy atom. The number of anilines is 1. The summed E-state index contributed by atoms with van der Waals surface area (Å²) in [6.45, 7) is 0. The minimum Gasteiger partial charge on any atom is -0.465 e. The smallest absolute Gasteiger partial charge is 0.339 e. The number of aromatic nitrogens is 2. The van der Waals surface area contributed by atoms with Gasteiger partial charge in [-0.15, -0.1) is 11.3 Å². The number of rotatable bonds is 2. The maximum Gasteiger partial charge on any atom is 0.339 e. The summed E-state index contributed by atoms with van der Waals surface area (Å²) in [6.07, 6.45) is 1.46. The lowest BCUT2D eigenvalue weighted by Gasteiger charge is -1.99. The third-order valence-corrected chi connectivity index (χ3v) is 2.64. The van der Waals surface area contributed by atoms with E-state index in [0.29, 0.717) is 22.1 Å². The molecule has 0 aromatic carbocycles. The van der Waals surface area contributed by atoms with Crippen molar-refractivity contribution in [2.24, 2.45) is 0 Å². The van der Waals surface area contributed by atoms with E-state index in [-0.39, 0.29) is 0 Å². The van der Waals surface area contributed by atoms with Gasteiger partial charge in [0, 0.05) is 11.6 Å². The summed E-state index contributed by atoms with van der Waals surface area (Å²) in [7, 11) is 1.33. The van der Waals surface area contributed by atoms with Gasteiger partial charge in [-0.1, -0.05) is 0 Å². The molecule has 0 aliphatic rings. The van der Waals surface area contributed by atoms with Crippen molar-refractivity contribution >= 4 is 22.4 Å². The molecule has 16 heavy (non-hydrogen) atoms. The van der Waals surface area contributed by atoms with E-state index in [9.17, 15) is 4.79 Å². The number of nitrogen functional groups attached to an aromatic ring is 1. The average molecular weight is 235 g/mol. The lowest BCUT2D eigenvalue weighted by molar-refractivity contribution is 0.0600. The van der Waals surface area contributed by atoms with Gasteiger partial charge in [0.05, 0.1) is 18.4 Å². The molecular weight excluding hydrogens is 226 g/mol. The van der Waals surface area contributed by atoms with Crippen LogP contribution >= 0.6 is 11.3 Å². The fraction of sp³-hybridized carbons (Fsp3) is 0.100. The van der Waals surface area contributed by atoms with Gasteiger partial charge in [0.15, 0.2) is 5.13 Å². The van der Waals surface area contributed by atoms with E-state index in [2.05, 4.69) is 14.7 Å². The van der Waals surface area contributed by atoms with E-state index in [1.165, 1.54) is 24.6 Å². The van der Waals surface area contributed by atoms with E-state index in [4.69, 9.17) is 5.73 Å². The highest BCUT2D eigenvalue weighted by molar-refractivity contribution is 7.13. The average Bonchev–Trinajstić information content (AvgIpc) is 2.75. The van der Waals surface area contributed by atoms with Crippen molar-refractivity contribution in [3.8, 4) is 11.4 Å². The van der Waals surface area contributed by atoms with E-state index in [1.807, 2.05) is 5.38 Å². The second-order valence-electron chi connectivity index (χ2n) is 2.99. The van der Waals surface area contributed by atoms with Crippen molar-refractivity contribution in [2.45, 2.75) is 0 Å². The van der Waals surface area contributed by atoms with Crippen LogP contribution in [0.5, 0.6) is 0 Å². The summed E-state index contributed by atoms with van der Waals surface area (Å²) >= 11 is 1.35. The van der Waals surface area contributed by atoms with E-state index in [0.717, 1.165) is 0 Å². The van der Waals surface area contributed by atoms with Crippen molar-refractivity contribution in [3.05, 3.63) is 29.3 Å². The summed E-state index contributed by atoms with van der Waals surface area (Å²) in [5.74, 6) is -0.406. The van der Waals surface area contributed by atoms with Gasteiger partial charge in [-0.25, -0.2) is 9.78 Å². The van der Waals surface area contributed by atoms with Gasteiger partial charge < -0.3 is 10.5 Å². The van der Waals surface area contributed by atoms with Crippen LogP contribution in [-0.4, -0.2) is 23.0 Å².